The number of anilines is 2. The summed E-state index contributed by atoms with van der Waals surface area (Å²) in [6.45, 7) is 25.6. The molecule has 0 aliphatic heterocycles. The van der Waals surface area contributed by atoms with Crippen molar-refractivity contribution in [3.8, 4) is 0 Å². The molecule has 0 amide bonds. The first kappa shape index (κ1) is 30.8. The summed E-state index contributed by atoms with van der Waals surface area (Å²) in [5.74, 6) is 1.36. The van der Waals surface area contributed by atoms with Crippen LogP contribution in [-0.2, 0) is 0 Å². The Balaban J connectivity index is 2.05. The lowest BCUT2D eigenvalue weighted by molar-refractivity contribution is 1.27. The molecule has 4 nitrogen and oxygen atoms in total. The number of aryl methyl sites for hydroxylation is 12. The third-order valence-electron chi connectivity index (χ3n) is 7.78. The fourth-order valence-corrected chi connectivity index (χ4v) is 6.19. The summed E-state index contributed by atoms with van der Waals surface area (Å²) < 4.78 is 0. The highest BCUT2D eigenvalue weighted by Gasteiger charge is 2.19. The molecule has 0 saturated heterocycles. The van der Waals surface area contributed by atoms with Gasteiger partial charge in [0.1, 0.15) is 0 Å². The maximum atomic E-state index is 5.36. The Bertz CT molecular complexity index is 1520. The zero-order chi connectivity index (χ0) is 30.9. The number of nitrogens with zero attached hydrogens (tertiary/aromatic N) is 2. The molecule has 0 saturated carbocycles. The Morgan fingerprint density at radius 1 is 0.357 bits per heavy atom. The van der Waals surface area contributed by atoms with Gasteiger partial charge in [0.05, 0.1) is 11.4 Å². The molecule has 218 valence electrons. The van der Waals surface area contributed by atoms with Crippen LogP contribution in [0.15, 0.2) is 58.5 Å². The van der Waals surface area contributed by atoms with Crippen molar-refractivity contribution in [3.05, 3.63) is 115 Å². The van der Waals surface area contributed by atoms with Gasteiger partial charge < -0.3 is 10.6 Å². The van der Waals surface area contributed by atoms with Crippen LogP contribution in [0.4, 0.5) is 22.7 Å². The van der Waals surface area contributed by atoms with Crippen molar-refractivity contribution >= 4 is 34.4 Å². The quantitative estimate of drug-likeness (QED) is 0.193. The predicted molar refractivity (Wildman–Crippen MR) is 184 cm³/mol. The fraction of sp³-hybridized carbons (Fsp3) is 0.316. The summed E-state index contributed by atoms with van der Waals surface area (Å²) in [5.41, 5.74) is 18.1. The lowest BCUT2D eigenvalue weighted by Crippen LogP contribution is -2.31. The van der Waals surface area contributed by atoms with E-state index in [1.807, 2.05) is 0 Å². The standard InChI is InChI=1S/C38H46N4/c1-21-13-25(5)33(26(6)14-21)39-37(40-34-27(7)15-22(2)16-28(34)8)38(41-35-29(9)17-23(3)18-30(35)10)42-36-31(11)19-24(4)20-32(36)12/h13-20H,1-12H3,(H,39,40)(H,41,42). The molecule has 4 aromatic rings. The van der Waals surface area contributed by atoms with Gasteiger partial charge in [-0.1, -0.05) is 70.8 Å². The maximum absolute atomic E-state index is 5.36. The Kier molecular flexibility index (Phi) is 9.06. The number of rotatable bonds is 4. The van der Waals surface area contributed by atoms with Gasteiger partial charge in [-0.15, -0.1) is 0 Å². The molecule has 42 heavy (non-hydrogen) atoms. The number of nitrogens with one attached hydrogen (secondary N) is 2. The van der Waals surface area contributed by atoms with Crippen LogP contribution in [0.3, 0.4) is 0 Å². The topological polar surface area (TPSA) is 48.8 Å². The molecule has 0 heterocycles. The Labute approximate surface area is 253 Å². The van der Waals surface area contributed by atoms with Crippen molar-refractivity contribution in [1.29, 1.82) is 0 Å². The van der Waals surface area contributed by atoms with Crippen molar-refractivity contribution in [1.82, 2.24) is 0 Å². The van der Waals surface area contributed by atoms with E-state index >= 15 is 0 Å². The van der Waals surface area contributed by atoms with Crippen LogP contribution in [0.1, 0.15) is 66.8 Å². The van der Waals surface area contributed by atoms with E-state index in [2.05, 4.69) is 142 Å². The van der Waals surface area contributed by atoms with Crippen molar-refractivity contribution < 1.29 is 0 Å². The lowest BCUT2D eigenvalue weighted by atomic mass is 10.0. The van der Waals surface area contributed by atoms with Gasteiger partial charge in [-0.05, 0) is 128 Å². The van der Waals surface area contributed by atoms with Gasteiger partial charge in [0, 0.05) is 11.4 Å². The van der Waals surface area contributed by atoms with Crippen molar-refractivity contribution in [2.75, 3.05) is 10.6 Å². The van der Waals surface area contributed by atoms with Gasteiger partial charge in [-0.25, -0.2) is 9.98 Å². The maximum Gasteiger partial charge on any atom is 0.174 e. The summed E-state index contributed by atoms with van der Waals surface area (Å²) in [5, 5.41) is 7.52. The molecule has 0 radical (unpaired) electrons. The second-order valence-corrected chi connectivity index (χ2v) is 12.2. The van der Waals surface area contributed by atoms with E-state index in [9.17, 15) is 0 Å². The van der Waals surface area contributed by atoms with Gasteiger partial charge in [0.2, 0.25) is 0 Å². The molecule has 0 bridgehead atoms. The van der Waals surface area contributed by atoms with Crippen LogP contribution < -0.4 is 10.6 Å². The van der Waals surface area contributed by atoms with Crippen LogP contribution in [0, 0.1) is 83.1 Å². The van der Waals surface area contributed by atoms with E-state index in [0.717, 1.165) is 45.0 Å². The highest BCUT2D eigenvalue weighted by molar-refractivity contribution is 6.49. The minimum absolute atomic E-state index is 0.679. The predicted octanol–water partition coefficient (Wildman–Crippen LogP) is 10.4. The number of amidine groups is 2. The molecule has 4 aromatic carbocycles. The number of benzene rings is 4. The summed E-state index contributed by atoms with van der Waals surface area (Å²) >= 11 is 0. The van der Waals surface area contributed by atoms with Gasteiger partial charge in [0.25, 0.3) is 0 Å². The van der Waals surface area contributed by atoms with Crippen LogP contribution in [-0.4, -0.2) is 11.7 Å². The van der Waals surface area contributed by atoms with Crippen molar-refractivity contribution in [3.63, 3.8) is 0 Å². The molecule has 0 aliphatic carbocycles. The molecule has 4 heteroatoms. The number of hydrogen-bond acceptors (Lipinski definition) is 2. The van der Waals surface area contributed by atoms with Crippen LogP contribution in [0.5, 0.6) is 0 Å². The summed E-state index contributed by atoms with van der Waals surface area (Å²) in [7, 11) is 0. The smallest absolute Gasteiger partial charge is 0.174 e. The van der Waals surface area contributed by atoms with Crippen LogP contribution >= 0.6 is 0 Å². The highest BCUT2D eigenvalue weighted by atomic mass is 15.1. The monoisotopic (exact) mass is 558 g/mol. The second-order valence-electron chi connectivity index (χ2n) is 12.2. The molecule has 4 rings (SSSR count). The lowest BCUT2D eigenvalue weighted by Gasteiger charge is -2.21. The van der Waals surface area contributed by atoms with E-state index in [4.69, 9.17) is 9.98 Å². The molecule has 0 aromatic heterocycles. The van der Waals surface area contributed by atoms with Crippen molar-refractivity contribution in [2.24, 2.45) is 9.98 Å². The molecule has 0 atom stereocenters. The first-order valence-electron chi connectivity index (χ1n) is 14.8. The normalized spacial score (nSPS) is 12.1. The molecule has 0 spiro atoms. The number of hydrogen-bond donors (Lipinski definition) is 2. The molecular formula is C38H46N4. The molecule has 0 unspecified atom stereocenters. The molecule has 0 aliphatic rings. The van der Waals surface area contributed by atoms with Gasteiger partial charge in [-0.2, -0.15) is 0 Å². The minimum atomic E-state index is 0.679. The number of aliphatic imine (C=N–C) groups is 2. The van der Waals surface area contributed by atoms with E-state index in [1.165, 1.54) is 44.5 Å². The fourth-order valence-electron chi connectivity index (χ4n) is 6.19. The Morgan fingerprint density at radius 2 is 0.571 bits per heavy atom. The first-order valence-corrected chi connectivity index (χ1v) is 14.8. The largest absolute Gasteiger partial charge is 0.337 e. The van der Waals surface area contributed by atoms with E-state index < -0.39 is 0 Å². The van der Waals surface area contributed by atoms with Gasteiger partial charge >= 0.3 is 0 Å². The Morgan fingerprint density at radius 3 is 0.810 bits per heavy atom. The van der Waals surface area contributed by atoms with E-state index in [0.29, 0.717) is 11.7 Å². The van der Waals surface area contributed by atoms with E-state index in [-0.39, 0.29) is 0 Å². The zero-order valence-electron chi connectivity index (χ0n) is 27.5. The average molecular weight is 559 g/mol. The van der Waals surface area contributed by atoms with Crippen LogP contribution in [0.2, 0.25) is 0 Å². The molecule has 2 N–H and O–H groups in total. The summed E-state index contributed by atoms with van der Waals surface area (Å²) in [4.78, 5) is 10.7. The van der Waals surface area contributed by atoms with Gasteiger partial charge in [0.15, 0.2) is 11.7 Å². The van der Waals surface area contributed by atoms with Crippen LogP contribution in [0.25, 0.3) is 0 Å². The third kappa shape index (κ3) is 6.82. The average Bonchev–Trinajstić information content (AvgIpc) is 2.85. The Hall–Kier alpha value is -4.18. The second kappa shape index (κ2) is 12.4. The summed E-state index contributed by atoms with van der Waals surface area (Å²) in [6.07, 6.45) is 0. The van der Waals surface area contributed by atoms with Gasteiger partial charge in [-0.3, -0.25) is 0 Å². The molecular weight excluding hydrogens is 512 g/mol. The highest BCUT2D eigenvalue weighted by Crippen LogP contribution is 2.31. The SMILES string of the molecule is Cc1cc(C)c(N=C(Nc2c(C)cc(C)cc2C)C(=Nc2c(C)cc(C)cc2C)Nc2c(C)cc(C)cc2C)c(C)c1. The van der Waals surface area contributed by atoms with E-state index in [1.54, 1.807) is 0 Å². The first-order chi connectivity index (χ1) is 19.7. The zero-order valence-corrected chi connectivity index (χ0v) is 27.5. The third-order valence-corrected chi connectivity index (χ3v) is 7.78. The van der Waals surface area contributed by atoms with Crippen molar-refractivity contribution in [2.45, 2.75) is 83.1 Å². The minimum Gasteiger partial charge on any atom is -0.337 e. The summed E-state index contributed by atoms with van der Waals surface area (Å²) in [6, 6.07) is 17.6. The molecule has 0 fully saturated rings.